The van der Waals surface area contributed by atoms with E-state index in [1.807, 2.05) is 32.3 Å². The second-order valence-corrected chi connectivity index (χ2v) is 5.14. The lowest BCUT2D eigenvalue weighted by molar-refractivity contribution is -0.131. The van der Waals surface area contributed by atoms with E-state index in [4.69, 9.17) is 0 Å². The molecular formula is C11H16N2OS. The Hall–Kier alpha value is -0.870. The molecule has 0 saturated carbocycles. The summed E-state index contributed by atoms with van der Waals surface area (Å²) in [6.45, 7) is 4.01. The van der Waals surface area contributed by atoms with Gasteiger partial charge in [-0.05, 0) is 24.8 Å². The molecule has 4 heteroatoms. The van der Waals surface area contributed by atoms with Crippen molar-refractivity contribution in [2.75, 3.05) is 7.05 Å². The molecule has 1 amide bonds. The molecule has 1 aromatic heterocycles. The molecule has 3 nitrogen and oxygen atoms in total. The largest absolute Gasteiger partial charge is 0.324 e. The lowest BCUT2D eigenvalue weighted by atomic mass is 10.00. The van der Waals surface area contributed by atoms with Crippen molar-refractivity contribution < 1.29 is 4.79 Å². The third-order valence-electron chi connectivity index (χ3n) is 3.15. The Kier molecular flexibility index (Phi) is 2.56. The quantitative estimate of drug-likeness (QED) is 0.833. The van der Waals surface area contributed by atoms with Crippen molar-refractivity contribution in [3.63, 3.8) is 0 Å². The van der Waals surface area contributed by atoms with Crippen LogP contribution in [-0.4, -0.2) is 23.4 Å². The maximum Gasteiger partial charge on any atom is 0.243 e. The minimum Gasteiger partial charge on any atom is -0.324 e. The Morgan fingerprint density at radius 2 is 2.40 bits per heavy atom. The van der Waals surface area contributed by atoms with Gasteiger partial charge < -0.3 is 4.90 Å². The molecule has 1 aliphatic rings. The van der Waals surface area contributed by atoms with E-state index >= 15 is 0 Å². The number of hydrogen-bond acceptors (Lipinski definition) is 3. The molecule has 1 N–H and O–H groups in total. The predicted molar refractivity (Wildman–Crippen MR) is 61.7 cm³/mol. The lowest BCUT2D eigenvalue weighted by Crippen LogP contribution is -2.42. The first-order valence-electron chi connectivity index (χ1n) is 5.17. The van der Waals surface area contributed by atoms with Crippen molar-refractivity contribution in [2.24, 2.45) is 0 Å². The minimum atomic E-state index is -0.399. The van der Waals surface area contributed by atoms with Crippen LogP contribution in [0.4, 0.5) is 0 Å². The summed E-state index contributed by atoms with van der Waals surface area (Å²) in [5.74, 6) is 0.184. The zero-order valence-electron chi connectivity index (χ0n) is 9.28. The van der Waals surface area contributed by atoms with E-state index in [0.717, 1.165) is 6.42 Å². The van der Waals surface area contributed by atoms with Crippen LogP contribution in [-0.2, 0) is 4.79 Å². The molecule has 1 aromatic rings. The van der Waals surface area contributed by atoms with Crippen LogP contribution >= 0.6 is 11.3 Å². The molecule has 0 bridgehead atoms. The maximum atomic E-state index is 12.0. The molecule has 82 valence electrons. The van der Waals surface area contributed by atoms with E-state index in [1.54, 1.807) is 16.2 Å². The molecule has 1 fully saturated rings. The molecule has 0 spiro atoms. The van der Waals surface area contributed by atoms with Gasteiger partial charge in [0.05, 0.1) is 5.54 Å². The normalized spacial score (nSPS) is 31.3. The molecule has 2 rings (SSSR count). The molecule has 0 aromatic carbocycles. The van der Waals surface area contributed by atoms with E-state index in [-0.39, 0.29) is 12.1 Å². The highest BCUT2D eigenvalue weighted by Crippen LogP contribution is 2.32. The standard InChI is InChI=1S/C11H16N2OS/c1-4-11(2)10(14)13(3)9(12-11)8-6-5-7-15-8/h5-7,9,12H,4H2,1-3H3. The molecule has 15 heavy (non-hydrogen) atoms. The fourth-order valence-electron chi connectivity index (χ4n) is 1.93. The number of carbonyl (C=O) groups excluding carboxylic acids is 1. The molecule has 2 unspecified atom stereocenters. The number of nitrogens with zero attached hydrogens (tertiary/aromatic N) is 1. The Balaban J connectivity index is 2.28. The first-order chi connectivity index (χ1) is 7.08. The topological polar surface area (TPSA) is 32.3 Å². The van der Waals surface area contributed by atoms with Gasteiger partial charge in [0.25, 0.3) is 0 Å². The Morgan fingerprint density at radius 1 is 1.67 bits per heavy atom. The fraction of sp³-hybridized carbons (Fsp3) is 0.545. The van der Waals surface area contributed by atoms with Crippen molar-refractivity contribution >= 4 is 17.2 Å². The zero-order valence-corrected chi connectivity index (χ0v) is 10.1. The van der Waals surface area contributed by atoms with Gasteiger partial charge in [0.2, 0.25) is 5.91 Å². The summed E-state index contributed by atoms with van der Waals surface area (Å²) in [4.78, 5) is 15.0. The van der Waals surface area contributed by atoms with Crippen LogP contribution in [0.3, 0.4) is 0 Å². The van der Waals surface area contributed by atoms with Crippen LogP contribution in [0.1, 0.15) is 31.3 Å². The monoisotopic (exact) mass is 224 g/mol. The molecule has 2 heterocycles. The molecule has 2 atom stereocenters. The van der Waals surface area contributed by atoms with Crippen LogP contribution in [0.25, 0.3) is 0 Å². The number of carbonyl (C=O) groups is 1. The number of rotatable bonds is 2. The minimum absolute atomic E-state index is 0.0439. The van der Waals surface area contributed by atoms with Gasteiger partial charge in [-0.3, -0.25) is 10.1 Å². The lowest BCUT2D eigenvalue weighted by Gasteiger charge is -2.19. The smallest absolute Gasteiger partial charge is 0.243 e. The first kappa shape index (κ1) is 10.6. The average molecular weight is 224 g/mol. The Morgan fingerprint density at radius 3 is 2.87 bits per heavy atom. The van der Waals surface area contributed by atoms with E-state index in [1.165, 1.54) is 4.88 Å². The highest BCUT2D eigenvalue weighted by Gasteiger charge is 2.45. The van der Waals surface area contributed by atoms with Gasteiger partial charge in [0.1, 0.15) is 6.17 Å². The Labute approximate surface area is 94.1 Å². The molecule has 1 aliphatic heterocycles. The third-order valence-corrected chi connectivity index (χ3v) is 4.08. The van der Waals surface area contributed by atoms with Crippen LogP contribution < -0.4 is 5.32 Å². The van der Waals surface area contributed by atoms with Crippen molar-refractivity contribution in [3.05, 3.63) is 22.4 Å². The average Bonchev–Trinajstić information content (AvgIpc) is 2.82. The van der Waals surface area contributed by atoms with Crippen LogP contribution in [0, 0.1) is 0 Å². The van der Waals surface area contributed by atoms with Crippen LogP contribution in [0.5, 0.6) is 0 Å². The highest BCUT2D eigenvalue weighted by molar-refractivity contribution is 7.10. The predicted octanol–water partition coefficient (Wildman–Crippen LogP) is 1.98. The number of hydrogen-bond donors (Lipinski definition) is 1. The highest BCUT2D eigenvalue weighted by atomic mass is 32.1. The maximum absolute atomic E-state index is 12.0. The summed E-state index contributed by atoms with van der Waals surface area (Å²) in [5, 5.41) is 5.44. The van der Waals surface area contributed by atoms with Crippen molar-refractivity contribution in [2.45, 2.75) is 32.0 Å². The van der Waals surface area contributed by atoms with Crippen molar-refractivity contribution in [1.29, 1.82) is 0 Å². The van der Waals surface area contributed by atoms with Gasteiger partial charge in [-0.1, -0.05) is 13.0 Å². The Bertz CT molecular complexity index is 363. The van der Waals surface area contributed by atoms with E-state index in [2.05, 4.69) is 11.4 Å². The summed E-state index contributed by atoms with van der Waals surface area (Å²) in [5.41, 5.74) is -0.399. The molecule has 0 radical (unpaired) electrons. The van der Waals surface area contributed by atoms with Gasteiger partial charge in [-0.25, -0.2) is 0 Å². The van der Waals surface area contributed by atoms with Gasteiger partial charge in [0.15, 0.2) is 0 Å². The van der Waals surface area contributed by atoms with Gasteiger partial charge in [0, 0.05) is 11.9 Å². The van der Waals surface area contributed by atoms with Crippen molar-refractivity contribution in [3.8, 4) is 0 Å². The summed E-state index contributed by atoms with van der Waals surface area (Å²) in [7, 11) is 1.86. The molecule has 1 saturated heterocycles. The van der Waals surface area contributed by atoms with E-state index in [0.29, 0.717) is 0 Å². The summed E-state index contributed by atoms with van der Waals surface area (Å²) in [6.07, 6.45) is 0.861. The van der Waals surface area contributed by atoms with Crippen LogP contribution in [0.15, 0.2) is 17.5 Å². The second kappa shape index (κ2) is 3.61. The number of thiophene rings is 1. The second-order valence-electron chi connectivity index (χ2n) is 4.16. The summed E-state index contributed by atoms with van der Waals surface area (Å²) in [6, 6.07) is 4.08. The first-order valence-corrected chi connectivity index (χ1v) is 6.05. The van der Waals surface area contributed by atoms with Gasteiger partial charge >= 0.3 is 0 Å². The molecular weight excluding hydrogens is 208 g/mol. The van der Waals surface area contributed by atoms with Crippen LogP contribution in [0.2, 0.25) is 0 Å². The van der Waals surface area contributed by atoms with E-state index < -0.39 is 5.54 Å². The molecule has 0 aliphatic carbocycles. The summed E-state index contributed by atoms with van der Waals surface area (Å²) < 4.78 is 0. The SMILES string of the molecule is CCC1(C)NC(c2cccs2)N(C)C1=O. The van der Waals surface area contributed by atoms with Crippen molar-refractivity contribution in [1.82, 2.24) is 10.2 Å². The fourth-order valence-corrected chi connectivity index (χ4v) is 2.75. The van der Waals surface area contributed by atoms with E-state index in [9.17, 15) is 4.79 Å². The summed E-state index contributed by atoms with van der Waals surface area (Å²) >= 11 is 1.68. The number of likely N-dealkylation sites (N-methyl/N-ethyl adjacent to an activating group) is 1. The van der Waals surface area contributed by atoms with Gasteiger partial charge in [-0.15, -0.1) is 11.3 Å². The van der Waals surface area contributed by atoms with Gasteiger partial charge in [-0.2, -0.15) is 0 Å². The zero-order chi connectivity index (χ0) is 11.1. The number of nitrogens with one attached hydrogen (secondary N) is 1. The third kappa shape index (κ3) is 1.58. The number of amides is 1.